The van der Waals surface area contributed by atoms with Crippen molar-refractivity contribution >= 4 is 5.97 Å². The Morgan fingerprint density at radius 2 is 1.82 bits per heavy atom. The highest BCUT2D eigenvalue weighted by Gasteiger charge is 2.41. The molecule has 0 radical (unpaired) electrons. The molecule has 0 spiro atoms. The second-order valence-corrected chi connectivity index (χ2v) is 13.7. The Labute approximate surface area is 267 Å². The fraction of sp³-hybridized carbons (Fsp3) is 0.568. The van der Waals surface area contributed by atoms with E-state index in [1.807, 2.05) is 25.1 Å². The molecule has 0 unspecified atom stereocenters. The maximum Gasteiger partial charge on any atom is 0.320 e. The lowest BCUT2D eigenvalue weighted by molar-refractivity contribution is -0.144. The van der Waals surface area contributed by atoms with Crippen LogP contribution in [-0.4, -0.2) is 76.0 Å². The standard InChI is InChI=1S/C37H49FN4O3/c1-4-45-33-13-11-28(12-14-33)21-42-26(3)36(25(2)39-42)29-15-17-40(18-16-29)22-31-23-41(35(37(43)44)19-27-7-5-8-27)24-34(31)30-9-6-10-32(38)20-30/h6,9-14,20,27,29,31,34-35H,4-5,7-8,15-19,21-24H2,1-3H3,(H,43,44)/t31-,34+,35+/m0/s1. The minimum absolute atomic E-state index is 0.131. The molecule has 2 aliphatic heterocycles. The van der Waals surface area contributed by atoms with Crippen LogP contribution in [0.25, 0.3) is 0 Å². The molecule has 45 heavy (non-hydrogen) atoms. The van der Waals surface area contributed by atoms with E-state index in [2.05, 4.69) is 40.5 Å². The van der Waals surface area contributed by atoms with Crippen LogP contribution in [-0.2, 0) is 11.3 Å². The number of hydrogen-bond acceptors (Lipinski definition) is 5. The summed E-state index contributed by atoms with van der Waals surface area (Å²) in [5.74, 6) is 1.37. The Kier molecular flexibility index (Phi) is 9.90. The van der Waals surface area contributed by atoms with Crippen molar-refractivity contribution in [1.29, 1.82) is 0 Å². The molecule has 0 amide bonds. The summed E-state index contributed by atoms with van der Waals surface area (Å²) in [6.07, 6.45) is 6.39. The molecule has 1 aromatic heterocycles. The Morgan fingerprint density at radius 1 is 1.07 bits per heavy atom. The fourth-order valence-electron chi connectivity index (χ4n) is 8.13. The summed E-state index contributed by atoms with van der Waals surface area (Å²) < 4.78 is 22.1. The average Bonchev–Trinajstić information content (AvgIpc) is 3.53. The van der Waals surface area contributed by atoms with E-state index in [9.17, 15) is 14.3 Å². The first-order valence-corrected chi connectivity index (χ1v) is 17.0. The number of carbonyl (C=O) groups is 1. The molecule has 3 aliphatic rings. The summed E-state index contributed by atoms with van der Waals surface area (Å²) in [6, 6.07) is 14.8. The number of piperidine rings is 1. The van der Waals surface area contributed by atoms with Crippen LogP contribution in [0.1, 0.15) is 85.4 Å². The normalized spacial score (nSPS) is 22.4. The quantitative estimate of drug-likeness (QED) is 0.247. The summed E-state index contributed by atoms with van der Waals surface area (Å²) in [4.78, 5) is 17.2. The van der Waals surface area contributed by atoms with Gasteiger partial charge < -0.3 is 14.7 Å². The zero-order valence-electron chi connectivity index (χ0n) is 27.1. The predicted molar refractivity (Wildman–Crippen MR) is 174 cm³/mol. The number of benzene rings is 2. The summed E-state index contributed by atoms with van der Waals surface area (Å²) in [5, 5.41) is 15.1. The minimum atomic E-state index is -0.713. The van der Waals surface area contributed by atoms with Crippen molar-refractivity contribution in [1.82, 2.24) is 19.6 Å². The number of carboxylic acids is 1. The second kappa shape index (κ2) is 14.0. The Balaban J connectivity index is 1.11. The molecule has 1 aliphatic carbocycles. The lowest BCUT2D eigenvalue weighted by Crippen LogP contribution is -2.43. The number of halogens is 1. The first-order valence-electron chi connectivity index (χ1n) is 17.0. The summed E-state index contributed by atoms with van der Waals surface area (Å²) in [6.45, 7) is 12.1. The number of aliphatic carboxylic acids is 1. The van der Waals surface area contributed by atoms with Gasteiger partial charge in [0.2, 0.25) is 0 Å². The third-order valence-corrected chi connectivity index (χ3v) is 10.7. The minimum Gasteiger partial charge on any atom is -0.494 e. The highest BCUT2D eigenvalue weighted by Crippen LogP contribution is 2.39. The van der Waals surface area contributed by atoms with Gasteiger partial charge in [-0.05, 0) is 112 Å². The second-order valence-electron chi connectivity index (χ2n) is 13.7. The lowest BCUT2D eigenvalue weighted by Gasteiger charge is -2.35. The van der Waals surface area contributed by atoms with Crippen LogP contribution < -0.4 is 4.74 Å². The van der Waals surface area contributed by atoms with Crippen molar-refractivity contribution in [3.8, 4) is 5.75 Å². The van der Waals surface area contributed by atoms with Gasteiger partial charge in [-0.2, -0.15) is 5.10 Å². The molecule has 8 heteroatoms. The number of hydrogen-bond donors (Lipinski definition) is 1. The number of rotatable bonds is 12. The monoisotopic (exact) mass is 616 g/mol. The molecule has 0 bridgehead atoms. The number of aromatic nitrogens is 2. The molecule has 3 fully saturated rings. The SMILES string of the molecule is CCOc1ccc(Cn2nc(C)c(C3CCN(C[C@H]4CN([C@H](CC5CCC5)C(=O)O)C[C@@H]4c4cccc(F)c4)CC3)c2C)cc1. The van der Waals surface area contributed by atoms with Crippen LogP contribution in [0.4, 0.5) is 4.39 Å². The first kappa shape index (κ1) is 31.7. The fourth-order valence-corrected chi connectivity index (χ4v) is 8.13. The van der Waals surface area contributed by atoms with Gasteiger partial charge in [0.15, 0.2) is 0 Å². The largest absolute Gasteiger partial charge is 0.494 e. The van der Waals surface area contributed by atoms with Crippen LogP contribution in [0.15, 0.2) is 48.5 Å². The van der Waals surface area contributed by atoms with E-state index in [1.54, 1.807) is 12.1 Å². The van der Waals surface area contributed by atoms with Crippen molar-refractivity contribution in [2.45, 2.75) is 83.7 Å². The third kappa shape index (κ3) is 7.28. The van der Waals surface area contributed by atoms with E-state index in [-0.39, 0.29) is 17.7 Å². The van der Waals surface area contributed by atoms with Gasteiger partial charge in [0, 0.05) is 31.2 Å². The molecule has 3 aromatic rings. The van der Waals surface area contributed by atoms with Gasteiger partial charge in [-0.1, -0.05) is 43.5 Å². The van der Waals surface area contributed by atoms with Gasteiger partial charge in [-0.3, -0.25) is 14.4 Å². The molecular weight excluding hydrogens is 567 g/mol. The molecule has 3 atom stereocenters. The van der Waals surface area contributed by atoms with Gasteiger partial charge in [-0.15, -0.1) is 0 Å². The van der Waals surface area contributed by atoms with Crippen LogP contribution in [0.3, 0.4) is 0 Å². The molecule has 2 saturated heterocycles. The van der Waals surface area contributed by atoms with Gasteiger partial charge in [0.05, 0.1) is 18.8 Å². The Bertz CT molecular complexity index is 1440. The van der Waals surface area contributed by atoms with E-state index in [4.69, 9.17) is 9.84 Å². The maximum atomic E-state index is 14.3. The zero-order chi connectivity index (χ0) is 31.5. The van der Waals surface area contributed by atoms with Gasteiger partial charge in [0.1, 0.15) is 17.6 Å². The van der Waals surface area contributed by atoms with Gasteiger partial charge >= 0.3 is 5.97 Å². The smallest absolute Gasteiger partial charge is 0.320 e. The molecule has 3 heterocycles. The molecule has 2 aromatic carbocycles. The molecular formula is C37H49FN4O3. The van der Waals surface area contributed by atoms with Crippen molar-refractivity contribution in [2.75, 3.05) is 39.3 Å². The predicted octanol–water partition coefficient (Wildman–Crippen LogP) is 6.62. The molecule has 242 valence electrons. The van der Waals surface area contributed by atoms with E-state index in [0.717, 1.165) is 81.8 Å². The molecule has 1 saturated carbocycles. The Morgan fingerprint density at radius 3 is 2.47 bits per heavy atom. The number of carboxylic acid groups (broad SMARTS) is 1. The number of ether oxygens (including phenoxy) is 1. The van der Waals surface area contributed by atoms with Crippen molar-refractivity contribution in [3.63, 3.8) is 0 Å². The van der Waals surface area contributed by atoms with E-state index >= 15 is 0 Å². The van der Waals surface area contributed by atoms with Crippen molar-refractivity contribution < 1.29 is 19.0 Å². The van der Waals surface area contributed by atoms with Crippen molar-refractivity contribution in [3.05, 3.63) is 82.4 Å². The first-order chi connectivity index (χ1) is 21.8. The Hall–Kier alpha value is -3.23. The maximum absolute atomic E-state index is 14.3. The summed E-state index contributed by atoms with van der Waals surface area (Å²) in [7, 11) is 0. The highest BCUT2D eigenvalue weighted by atomic mass is 19.1. The van der Waals surface area contributed by atoms with Gasteiger partial charge in [0.25, 0.3) is 0 Å². The van der Waals surface area contributed by atoms with Crippen LogP contribution >= 0.6 is 0 Å². The number of nitrogens with zero attached hydrogens (tertiary/aromatic N) is 4. The van der Waals surface area contributed by atoms with Crippen LogP contribution in [0, 0.1) is 31.5 Å². The van der Waals surface area contributed by atoms with Gasteiger partial charge in [-0.25, -0.2) is 4.39 Å². The van der Waals surface area contributed by atoms with Crippen molar-refractivity contribution in [2.24, 2.45) is 11.8 Å². The lowest BCUT2D eigenvalue weighted by atomic mass is 9.80. The average molecular weight is 617 g/mol. The highest BCUT2D eigenvalue weighted by molar-refractivity contribution is 5.73. The third-order valence-electron chi connectivity index (χ3n) is 10.7. The van der Waals surface area contributed by atoms with Crippen LogP contribution in [0.5, 0.6) is 5.75 Å². The van der Waals surface area contributed by atoms with E-state index in [1.165, 1.54) is 29.3 Å². The van der Waals surface area contributed by atoms with E-state index in [0.29, 0.717) is 25.0 Å². The number of likely N-dealkylation sites (tertiary alicyclic amines) is 2. The van der Waals surface area contributed by atoms with Crippen LogP contribution in [0.2, 0.25) is 0 Å². The molecule has 1 N–H and O–H groups in total. The molecule has 7 nitrogen and oxygen atoms in total. The number of aryl methyl sites for hydroxylation is 1. The zero-order valence-corrected chi connectivity index (χ0v) is 27.1. The topological polar surface area (TPSA) is 70.8 Å². The summed E-state index contributed by atoms with van der Waals surface area (Å²) >= 11 is 0. The van der Waals surface area contributed by atoms with E-state index < -0.39 is 12.0 Å². The molecule has 6 rings (SSSR count). The summed E-state index contributed by atoms with van der Waals surface area (Å²) in [5.41, 5.74) is 5.98.